The number of carbonyl (C=O) groups excluding carboxylic acids is 2. The molecule has 2 aliphatic rings. The Morgan fingerprint density at radius 2 is 1.26 bits per heavy atom. The van der Waals surface area contributed by atoms with Crippen molar-refractivity contribution in [3.05, 3.63) is 48.0 Å². The minimum absolute atomic E-state index is 0.0135. The van der Waals surface area contributed by atoms with Gasteiger partial charge in [0.25, 0.3) is 0 Å². The molecule has 5 heteroatoms. The van der Waals surface area contributed by atoms with Gasteiger partial charge in [0.05, 0.1) is 0 Å². The van der Waals surface area contributed by atoms with E-state index in [0.717, 1.165) is 0 Å². The topological polar surface area (TPSA) is 65.7 Å². The monoisotopic (exact) mass is 260 g/mol. The van der Waals surface area contributed by atoms with E-state index in [1.165, 1.54) is 12.1 Å². The predicted molar refractivity (Wildman–Crippen MR) is 64.6 cm³/mol. The SMILES string of the molecule is CC12C=CC=CC1(C)OC(=O)c1ccc(o1)C(=O)O2. The van der Waals surface area contributed by atoms with Gasteiger partial charge in [-0.1, -0.05) is 12.2 Å². The van der Waals surface area contributed by atoms with Gasteiger partial charge in [0, 0.05) is 0 Å². The molecule has 2 atom stereocenters. The summed E-state index contributed by atoms with van der Waals surface area (Å²) in [5, 5.41) is 0. The summed E-state index contributed by atoms with van der Waals surface area (Å²) in [7, 11) is 0. The molecule has 5 nitrogen and oxygen atoms in total. The summed E-state index contributed by atoms with van der Waals surface area (Å²) in [5.41, 5.74) is -2.16. The fourth-order valence-corrected chi connectivity index (χ4v) is 2.12. The number of esters is 2. The molecular weight excluding hydrogens is 248 g/mol. The van der Waals surface area contributed by atoms with Crippen molar-refractivity contribution in [1.82, 2.24) is 0 Å². The van der Waals surface area contributed by atoms with Crippen LogP contribution >= 0.6 is 0 Å². The molecule has 0 aromatic carbocycles. The van der Waals surface area contributed by atoms with E-state index in [1.807, 2.05) is 0 Å². The number of carbonyl (C=O) groups is 2. The summed E-state index contributed by atoms with van der Waals surface area (Å²) in [6.07, 6.45) is 6.86. The molecule has 0 spiro atoms. The van der Waals surface area contributed by atoms with Gasteiger partial charge in [0.2, 0.25) is 11.5 Å². The number of ether oxygens (including phenoxy) is 2. The molecule has 0 saturated heterocycles. The smallest absolute Gasteiger partial charge is 0.375 e. The van der Waals surface area contributed by atoms with Crippen molar-refractivity contribution in [3.8, 4) is 0 Å². The Kier molecular flexibility index (Phi) is 2.23. The van der Waals surface area contributed by atoms with Gasteiger partial charge in [-0.05, 0) is 38.1 Å². The van der Waals surface area contributed by atoms with Crippen molar-refractivity contribution >= 4 is 11.9 Å². The molecule has 2 heterocycles. The van der Waals surface area contributed by atoms with Crippen LogP contribution in [0.2, 0.25) is 0 Å². The summed E-state index contributed by atoms with van der Waals surface area (Å²) in [5.74, 6) is -1.28. The van der Waals surface area contributed by atoms with Gasteiger partial charge in [-0.3, -0.25) is 0 Å². The third-order valence-electron chi connectivity index (χ3n) is 3.54. The van der Waals surface area contributed by atoms with Gasteiger partial charge in [-0.25, -0.2) is 9.59 Å². The van der Waals surface area contributed by atoms with Crippen LogP contribution in [0.15, 0.2) is 40.9 Å². The number of fused-ring (bicyclic) bond motifs is 3. The normalized spacial score (nSPS) is 32.7. The third kappa shape index (κ3) is 1.62. The summed E-state index contributed by atoms with van der Waals surface area (Å²) in [6, 6.07) is 2.79. The summed E-state index contributed by atoms with van der Waals surface area (Å²) in [4.78, 5) is 24.0. The van der Waals surface area contributed by atoms with E-state index in [2.05, 4.69) is 0 Å². The highest BCUT2D eigenvalue weighted by atomic mass is 16.6. The highest BCUT2D eigenvalue weighted by molar-refractivity contribution is 5.92. The number of hydrogen-bond acceptors (Lipinski definition) is 5. The molecule has 2 unspecified atom stereocenters. The van der Waals surface area contributed by atoms with E-state index in [0.29, 0.717) is 0 Å². The molecule has 1 aromatic rings. The van der Waals surface area contributed by atoms with Crippen LogP contribution in [0.3, 0.4) is 0 Å². The number of hydrogen-bond donors (Lipinski definition) is 0. The second-order valence-corrected chi connectivity index (χ2v) is 4.88. The lowest BCUT2D eigenvalue weighted by molar-refractivity contribution is -0.0945. The van der Waals surface area contributed by atoms with Crippen LogP contribution in [0.1, 0.15) is 35.0 Å². The predicted octanol–water partition coefficient (Wildman–Crippen LogP) is 2.25. The maximum Gasteiger partial charge on any atom is 0.375 e. The van der Waals surface area contributed by atoms with E-state index in [-0.39, 0.29) is 11.5 Å². The molecule has 0 N–H and O–H groups in total. The number of allylic oxidation sites excluding steroid dienone is 2. The van der Waals surface area contributed by atoms with Crippen molar-refractivity contribution in [1.29, 1.82) is 0 Å². The molecule has 0 fully saturated rings. The Hall–Kier alpha value is -2.30. The molecule has 1 aliphatic heterocycles. The number of rotatable bonds is 0. The average molecular weight is 260 g/mol. The van der Waals surface area contributed by atoms with Crippen LogP contribution < -0.4 is 0 Å². The third-order valence-corrected chi connectivity index (χ3v) is 3.54. The molecule has 98 valence electrons. The minimum Gasteiger partial charge on any atom is -0.445 e. The lowest BCUT2D eigenvalue weighted by Gasteiger charge is -2.41. The van der Waals surface area contributed by atoms with E-state index >= 15 is 0 Å². The van der Waals surface area contributed by atoms with E-state index < -0.39 is 23.1 Å². The maximum atomic E-state index is 12.0. The Morgan fingerprint density at radius 3 is 1.68 bits per heavy atom. The minimum atomic E-state index is -1.08. The van der Waals surface area contributed by atoms with Crippen LogP contribution in [0, 0.1) is 0 Å². The molecule has 3 rings (SSSR count). The summed E-state index contributed by atoms with van der Waals surface area (Å²) in [6.45, 7) is 3.37. The van der Waals surface area contributed by atoms with Crippen LogP contribution in [-0.2, 0) is 9.47 Å². The summed E-state index contributed by atoms with van der Waals surface area (Å²) >= 11 is 0. The molecule has 0 saturated carbocycles. The highest BCUT2D eigenvalue weighted by Crippen LogP contribution is 2.37. The zero-order chi connectivity index (χ0) is 13.7. The second kappa shape index (κ2) is 3.60. The molecule has 1 aromatic heterocycles. The molecule has 2 bridgehead atoms. The van der Waals surface area contributed by atoms with Crippen LogP contribution in [0.4, 0.5) is 0 Å². The first-order valence-electron chi connectivity index (χ1n) is 5.87. The molecule has 1 aliphatic carbocycles. The standard InChI is InChI=1S/C14H12O5/c1-13-7-3-4-8-14(13,2)19-12(16)10-6-5-9(17-10)11(15)18-13/h3-8H,1-2H3. The lowest BCUT2D eigenvalue weighted by Crippen LogP contribution is -2.53. The quantitative estimate of drug-likeness (QED) is 0.669. The first kappa shape index (κ1) is 11.8. The van der Waals surface area contributed by atoms with Crippen LogP contribution in [0.25, 0.3) is 0 Å². The maximum absolute atomic E-state index is 12.0. The lowest BCUT2D eigenvalue weighted by atomic mass is 9.81. The molecule has 19 heavy (non-hydrogen) atoms. The van der Waals surface area contributed by atoms with Gasteiger partial charge in [-0.15, -0.1) is 0 Å². The van der Waals surface area contributed by atoms with Crippen molar-refractivity contribution in [2.24, 2.45) is 0 Å². The van der Waals surface area contributed by atoms with Gasteiger partial charge in [0.15, 0.2) is 11.2 Å². The Labute approximate surface area is 109 Å². The Morgan fingerprint density at radius 1 is 0.842 bits per heavy atom. The molecule has 0 radical (unpaired) electrons. The summed E-state index contributed by atoms with van der Waals surface area (Å²) < 4.78 is 16.1. The van der Waals surface area contributed by atoms with Crippen molar-refractivity contribution in [3.63, 3.8) is 0 Å². The second-order valence-electron chi connectivity index (χ2n) is 4.88. The van der Waals surface area contributed by atoms with Crippen molar-refractivity contribution < 1.29 is 23.5 Å². The molecular formula is C14H12O5. The zero-order valence-electron chi connectivity index (χ0n) is 10.5. The largest absolute Gasteiger partial charge is 0.445 e. The molecule has 0 amide bonds. The van der Waals surface area contributed by atoms with Gasteiger partial charge >= 0.3 is 11.9 Å². The van der Waals surface area contributed by atoms with Crippen LogP contribution in [-0.4, -0.2) is 23.1 Å². The fraction of sp³-hybridized carbons (Fsp3) is 0.286. The fourth-order valence-electron chi connectivity index (χ4n) is 2.12. The van der Waals surface area contributed by atoms with Gasteiger partial charge in [0.1, 0.15) is 0 Å². The highest BCUT2D eigenvalue weighted by Gasteiger charge is 2.50. The number of furan rings is 1. The van der Waals surface area contributed by atoms with E-state index in [4.69, 9.17) is 13.9 Å². The van der Waals surface area contributed by atoms with E-state index in [9.17, 15) is 9.59 Å². The first-order chi connectivity index (χ1) is 8.94. The average Bonchev–Trinajstić information content (AvgIpc) is 2.82. The van der Waals surface area contributed by atoms with Gasteiger partial charge < -0.3 is 13.9 Å². The Bertz CT molecular complexity index is 571. The van der Waals surface area contributed by atoms with Crippen LogP contribution in [0.5, 0.6) is 0 Å². The zero-order valence-corrected chi connectivity index (χ0v) is 10.5. The van der Waals surface area contributed by atoms with Gasteiger partial charge in [-0.2, -0.15) is 0 Å². The van der Waals surface area contributed by atoms with Crippen molar-refractivity contribution in [2.45, 2.75) is 25.0 Å². The first-order valence-corrected chi connectivity index (χ1v) is 5.87. The van der Waals surface area contributed by atoms with Crippen molar-refractivity contribution in [2.75, 3.05) is 0 Å². The van der Waals surface area contributed by atoms with E-state index in [1.54, 1.807) is 38.2 Å². The Balaban J connectivity index is 2.14.